The number of nitrogens with zero attached hydrogens (tertiary/aromatic N) is 2. The first-order chi connectivity index (χ1) is 7.24. The smallest absolute Gasteiger partial charge is 0.138 e. The molecule has 0 aromatic rings. The van der Waals surface area contributed by atoms with E-state index in [1.165, 1.54) is 0 Å². The molecule has 0 aliphatic carbocycles. The molecular weight excluding hydrogens is 190 g/mol. The lowest BCUT2D eigenvalue weighted by molar-refractivity contribution is -0.119. The van der Waals surface area contributed by atoms with Gasteiger partial charge in [-0.2, -0.15) is 0 Å². The van der Waals surface area contributed by atoms with E-state index in [-0.39, 0.29) is 6.04 Å². The van der Waals surface area contributed by atoms with Crippen LogP contribution in [0.15, 0.2) is 0 Å². The van der Waals surface area contributed by atoms with E-state index in [0.29, 0.717) is 12.0 Å². The van der Waals surface area contributed by atoms with Gasteiger partial charge in [-0.15, -0.1) is 0 Å². The Morgan fingerprint density at radius 3 is 2.60 bits per heavy atom. The van der Waals surface area contributed by atoms with Gasteiger partial charge in [0, 0.05) is 19.6 Å². The van der Waals surface area contributed by atoms with Crippen LogP contribution >= 0.6 is 0 Å². The van der Waals surface area contributed by atoms with Crippen molar-refractivity contribution >= 4 is 6.29 Å². The van der Waals surface area contributed by atoms with Crippen LogP contribution in [0.4, 0.5) is 0 Å². The van der Waals surface area contributed by atoms with Gasteiger partial charge in [0.25, 0.3) is 0 Å². The SMILES string of the molecule is CC1CN(C)N(C2CCNCC2)C1C=O. The lowest BCUT2D eigenvalue weighted by atomic mass is 10.0. The molecule has 2 heterocycles. The zero-order chi connectivity index (χ0) is 10.8. The van der Waals surface area contributed by atoms with Crippen LogP contribution in [0.25, 0.3) is 0 Å². The van der Waals surface area contributed by atoms with E-state index >= 15 is 0 Å². The lowest BCUT2D eigenvalue weighted by Crippen LogP contribution is -2.51. The third-order valence-electron chi connectivity index (χ3n) is 3.66. The monoisotopic (exact) mass is 211 g/mol. The van der Waals surface area contributed by atoms with E-state index in [9.17, 15) is 4.79 Å². The fraction of sp³-hybridized carbons (Fsp3) is 0.909. The van der Waals surface area contributed by atoms with Crippen molar-refractivity contribution in [3.05, 3.63) is 0 Å². The zero-order valence-corrected chi connectivity index (χ0v) is 9.65. The predicted octanol–water partition coefficient (Wildman–Crippen LogP) is 0.104. The zero-order valence-electron chi connectivity index (χ0n) is 9.65. The normalized spacial score (nSPS) is 35.9. The summed E-state index contributed by atoms with van der Waals surface area (Å²) >= 11 is 0. The highest BCUT2D eigenvalue weighted by atomic mass is 16.1. The van der Waals surface area contributed by atoms with Gasteiger partial charge in [0.2, 0.25) is 0 Å². The molecule has 0 saturated carbocycles. The fourth-order valence-corrected chi connectivity index (χ4v) is 2.90. The van der Waals surface area contributed by atoms with Crippen LogP contribution in [-0.2, 0) is 4.79 Å². The quantitative estimate of drug-likeness (QED) is 0.657. The van der Waals surface area contributed by atoms with Crippen LogP contribution in [0.3, 0.4) is 0 Å². The molecule has 0 aromatic carbocycles. The van der Waals surface area contributed by atoms with Crippen molar-refractivity contribution < 1.29 is 4.79 Å². The van der Waals surface area contributed by atoms with Crippen molar-refractivity contribution in [3.8, 4) is 0 Å². The standard InChI is InChI=1S/C11H21N3O/c1-9-7-13(2)14(11(9)8-15)10-3-5-12-6-4-10/h8-12H,3-7H2,1-2H3. The van der Waals surface area contributed by atoms with Crippen molar-refractivity contribution in [2.45, 2.75) is 31.8 Å². The van der Waals surface area contributed by atoms with Gasteiger partial charge in [-0.1, -0.05) is 6.92 Å². The average Bonchev–Trinajstić information content (AvgIpc) is 2.54. The number of piperidine rings is 1. The third-order valence-corrected chi connectivity index (χ3v) is 3.66. The summed E-state index contributed by atoms with van der Waals surface area (Å²) in [5.74, 6) is 0.461. The first kappa shape index (κ1) is 11.0. The number of carbonyl (C=O) groups is 1. The van der Waals surface area contributed by atoms with Crippen LogP contribution < -0.4 is 5.32 Å². The fourth-order valence-electron chi connectivity index (χ4n) is 2.90. The highest BCUT2D eigenvalue weighted by Gasteiger charge is 2.39. The Morgan fingerprint density at radius 1 is 1.33 bits per heavy atom. The molecule has 1 N–H and O–H groups in total. The number of aldehydes is 1. The summed E-state index contributed by atoms with van der Waals surface area (Å²) in [6.45, 7) is 5.33. The van der Waals surface area contributed by atoms with E-state index in [1.807, 2.05) is 0 Å². The molecule has 15 heavy (non-hydrogen) atoms. The summed E-state index contributed by atoms with van der Waals surface area (Å²) in [6.07, 6.45) is 3.43. The molecule has 0 amide bonds. The average molecular weight is 211 g/mol. The van der Waals surface area contributed by atoms with Gasteiger partial charge >= 0.3 is 0 Å². The maximum atomic E-state index is 11.1. The van der Waals surface area contributed by atoms with Crippen molar-refractivity contribution in [1.29, 1.82) is 0 Å². The number of carbonyl (C=O) groups excluding carboxylic acids is 1. The molecule has 2 aliphatic heterocycles. The topological polar surface area (TPSA) is 35.6 Å². The number of rotatable bonds is 2. The highest BCUT2D eigenvalue weighted by molar-refractivity contribution is 5.58. The Hall–Kier alpha value is -0.450. The van der Waals surface area contributed by atoms with E-state index in [2.05, 4.69) is 29.3 Å². The molecule has 86 valence electrons. The molecule has 2 fully saturated rings. The maximum Gasteiger partial charge on any atom is 0.138 e. The minimum absolute atomic E-state index is 0.0955. The summed E-state index contributed by atoms with van der Waals surface area (Å²) in [4.78, 5) is 11.1. The van der Waals surface area contributed by atoms with Crippen molar-refractivity contribution in [2.75, 3.05) is 26.7 Å². The summed E-state index contributed by atoms with van der Waals surface area (Å²) in [6, 6.07) is 0.648. The number of nitrogens with one attached hydrogen (secondary N) is 1. The van der Waals surface area contributed by atoms with Gasteiger partial charge in [-0.3, -0.25) is 0 Å². The van der Waals surface area contributed by atoms with Gasteiger partial charge < -0.3 is 10.1 Å². The van der Waals surface area contributed by atoms with Crippen LogP contribution in [0.5, 0.6) is 0 Å². The first-order valence-electron chi connectivity index (χ1n) is 5.89. The van der Waals surface area contributed by atoms with Crippen LogP contribution in [0.2, 0.25) is 0 Å². The Kier molecular flexibility index (Phi) is 3.38. The summed E-state index contributed by atoms with van der Waals surface area (Å²) in [7, 11) is 2.10. The summed E-state index contributed by atoms with van der Waals surface area (Å²) in [5, 5.41) is 7.90. The maximum absolute atomic E-state index is 11.1. The minimum atomic E-state index is 0.0955. The molecule has 4 nitrogen and oxygen atoms in total. The first-order valence-corrected chi connectivity index (χ1v) is 5.89. The van der Waals surface area contributed by atoms with Crippen LogP contribution in [0, 0.1) is 5.92 Å². The van der Waals surface area contributed by atoms with Crippen molar-refractivity contribution in [2.24, 2.45) is 5.92 Å². The molecule has 2 saturated heterocycles. The Morgan fingerprint density at radius 2 is 2.00 bits per heavy atom. The molecule has 0 radical (unpaired) electrons. The molecule has 2 aliphatic rings. The van der Waals surface area contributed by atoms with E-state index < -0.39 is 0 Å². The second-order valence-corrected chi connectivity index (χ2v) is 4.81. The molecule has 0 spiro atoms. The van der Waals surface area contributed by atoms with Gasteiger partial charge in [0.05, 0.1) is 6.04 Å². The summed E-state index contributed by atoms with van der Waals surface area (Å²) in [5.41, 5.74) is 0. The van der Waals surface area contributed by atoms with E-state index in [1.54, 1.807) is 0 Å². The Bertz CT molecular complexity index is 228. The predicted molar refractivity (Wildman–Crippen MR) is 59.4 cm³/mol. The van der Waals surface area contributed by atoms with Crippen molar-refractivity contribution in [1.82, 2.24) is 15.3 Å². The third kappa shape index (κ3) is 2.07. The van der Waals surface area contributed by atoms with Gasteiger partial charge in [-0.25, -0.2) is 10.0 Å². The molecule has 2 atom stereocenters. The minimum Gasteiger partial charge on any atom is -0.317 e. The highest BCUT2D eigenvalue weighted by Crippen LogP contribution is 2.26. The second-order valence-electron chi connectivity index (χ2n) is 4.81. The molecule has 0 aromatic heterocycles. The van der Waals surface area contributed by atoms with Crippen LogP contribution in [0.1, 0.15) is 19.8 Å². The van der Waals surface area contributed by atoms with Gasteiger partial charge in [-0.05, 0) is 31.8 Å². The molecule has 4 heteroatoms. The molecule has 2 rings (SSSR count). The van der Waals surface area contributed by atoms with Gasteiger partial charge in [0.1, 0.15) is 6.29 Å². The van der Waals surface area contributed by atoms with Crippen molar-refractivity contribution in [3.63, 3.8) is 0 Å². The number of hydrogen-bond acceptors (Lipinski definition) is 4. The number of hydrazine groups is 1. The number of hydrogen-bond donors (Lipinski definition) is 1. The van der Waals surface area contributed by atoms with Crippen LogP contribution in [-0.4, -0.2) is 55.1 Å². The van der Waals surface area contributed by atoms with E-state index in [4.69, 9.17) is 0 Å². The lowest BCUT2D eigenvalue weighted by Gasteiger charge is -2.37. The van der Waals surface area contributed by atoms with Gasteiger partial charge in [0.15, 0.2) is 0 Å². The molecule has 0 bridgehead atoms. The largest absolute Gasteiger partial charge is 0.317 e. The molecular formula is C11H21N3O. The molecule has 2 unspecified atom stereocenters. The second kappa shape index (κ2) is 4.60. The summed E-state index contributed by atoms with van der Waals surface area (Å²) < 4.78 is 0. The Labute approximate surface area is 91.6 Å². The van der Waals surface area contributed by atoms with E-state index in [0.717, 1.165) is 38.8 Å². The Balaban J connectivity index is 2.07.